The first-order valence-corrected chi connectivity index (χ1v) is 15.6. The number of aromatic nitrogens is 1. The lowest BCUT2D eigenvalue weighted by Gasteiger charge is -2.24. The fourth-order valence-corrected chi connectivity index (χ4v) is 7.12. The number of aryl methyl sites for hydroxylation is 1. The van der Waals surface area contributed by atoms with Crippen molar-refractivity contribution in [3.63, 3.8) is 0 Å². The molecule has 4 aromatic rings. The number of allylic oxidation sites excluding steroid dienone is 1. The molecular weight excluding hydrogens is 702 g/mol. The summed E-state index contributed by atoms with van der Waals surface area (Å²) in [5, 5.41) is 11.0. The van der Waals surface area contributed by atoms with Crippen LogP contribution in [0.2, 0.25) is 0 Å². The number of hydrogen-bond donors (Lipinski definition) is 0. The molecule has 0 saturated heterocycles. The van der Waals surface area contributed by atoms with E-state index in [9.17, 15) is 19.7 Å². The standard InChI is InChI=1S/C31H25Br2N3O6S/c1-4-41-30(38)26-18(3)34-31-35(27(26)20-9-5-17(2)6-10-20)29(37)25(43-31)14-21-13-22(32)15-24(33)28(21)42-16-19-7-11-23(12-8-19)36(39)40/h5-15,27H,4,16H2,1-3H3/b25-14-/t27-/m0/s1. The summed E-state index contributed by atoms with van der Waals surface area (Å²) in [5.41, 5.74) is 3.70. The minimum absolute atomic E-state index is 0.00470. The molecule has 9 nitrogen and oxygen atoms in total. The lowest BCUT2D eigenvalue weighted by molar-refractivity contribution is -0.384. The molecule has 1 atom stereocenters. The summed E-state index contributed by atoms with van der Waals surface area (Å²) in [7, 11) is 0. The molecule has 43 heavy (non-hydrogen) atoms. The average Bonchev–Trinajstić information content (AvgIpc) is 3.26. The first kappa shape index (κ1) is 30.6. The second-order valence-electron chi connectivity index (χ2n) is 9.73. The van der Waals surface area contributed by atoms with Crippen LogP contribution in [0.25, 0.3) is 6.08 Å². The van der Waals surface area contributed by atoms with Crippen molar-refractivity contribution in [2.75, 3.05) is 6.61 Å². The molecule has 1 aliphatic rings. The maximum atomic E-state index is 14.0. The van der Waals surface area contributed by atoms with Gasteiger partial charge >= 0.3 is 5.97 Å². The van der Waals surface area contributed by atoms with Crippen molar-refractivity contribution < 1.29 is 19.2 Å². The minimum atomic E-state index is -0.704. The molecule has 0 unspecified atom stereocenters. The zero-order chi connectivity index (χ0) is 30.8. The van der Waals surface area contributed by atoms with Gasteiger partial charge in [0.25, 0.3) is 11.2 Å². The van der Waals surface area contributed by atoms with E-state index in [2.05, 4.69) is 36.9 Å². The number of thiazole rings is 1. The molecule has 3 aromatic carbocycles. The van der Waals surface area contributed by atoms with Crippen molar-refractivity contribution in [1.29, 1.82) is 0 Å². The summed E-state index contributed by atoms with van der Waals surface area (Å²) in [6, 6.07) is 16.8. The third kappa shape index (κ3) is 6.41. The van der Waals surface area contributed by atoms with Crippen LogP contribution in [0.3, 0.4) is 0 Å². The van der Waals surface area contributed by atoms with Gasteiger partial charge in [0.05, 0.1) is 37.8 Å². The number of nitrogens with zero attached hydrogens (tertiary/aromatic N) is 3. The van der Waals surface area contributed by atoms with Gasteiger partial charge in [0, 0.05) is 22.2 Å². The lowest BCUT2D eigenvalue weighted by Crippen LogP contribution is -2.39. The first-order chi connectivity index (χ1) is 20.6. The van der Waals surface area contributed by atoms with Gasteiger partial charge in [-0.2, -0.15) is 0 Å². The van der Waals surface area contributed by atoms with Crippen LogP contribution in [0.5, 0.6) is 5.75 Å². The SMILES string of the molecule is CCOC(=O)C1=C(C)N=c2s/c(=C\c3cc(Br)cc(Br)c3OCc3ccc([N+](=O)[O-])cc3)c(=O)n2[C@H]1c1ccc(C)cc1. The summed E-state index contributed by atoms with van der Waals surface area (Å²) < 4.78 is 14.9. The number of non-ortho nitro benzene ring substituents is 1. The van der Waals surface area contributed by atoms with Gasteiger partial charge in [0.1, 0.15) is 12.4 Å². The van der Waals surface area contributed by atoms with E-state index in [4.69, 9.17) is 9.47 Å². The van der Waals surface area contributed by atoms with Crippen LogP contribution in [0, 0.1) is 17.0 Å². The molecule has 0 bridgehead atoms. The van der Waals surface area contributed by atoms with E-state index in [0.29, 0.717) is 36.4 Å². The van der Waals surface area contributed by atoms with Crippen molar-refractivity contribution in [1.82, 2.24) is 4.57 Å². The summed E-state index contributed by atoms with van der Waals surface area (Å²) in [6.45, 7) is 5.80. The van der Waals surface area contributed by atoms with Crippen LogP contribution in [0.1, 0.15) is 42.1 Å². The Balaban J connectivity index is 1.60. The lowest BCUT2D eigenvalue weighted by atomic mass is 9.95. The van der Waals surface area contributed by atoms with Gasteiger partial charge < -0.3 is 9.47 Å². The van der Waals surface area contributed by atoms with E-state index in [-0.39, 0.29) is 24.5 Å². The van der Waals surface area contributed by atoms with Gasteiger partial charge in [-0.05, 0) is 78.2 Å². The highest BCUT2D eigenvalue weighted by Crippen LogP contribution is 2.35. The van der Waals surface area contributed by atoms with Crippen LogP contribution >= 0.6 is 43.2 Å². The summed E-state index contributed by atoms with van der Waals surface area (Å²) >= 11 is 8.30. The number of ether oxygens (including phenoxy) is 2. The molecular formula is C31H25Br2N3O6S. The van der Waals surface area contributed by atoms with Crippen molar-refractivity contribution in [3.05, 3.63) is 133 Å². The monoisotopic (exact) mass is 725 g/mol. The molecule has 220 valence electrons. The topological polar surface area (TPSA) is 113 Å². The summed E-state index contributed by atoms with van der Waals surface area (Å²) in [4.78, 5) is 42.8. The van der Waals surface area contributed by atoms with Gasteiger partial charge in [-0.25, -0.2) is 9.79 Å². The smallest absolute Gasteiger partial charge is 0.338 e. The number of rotatable bonds is 8. The molecule has 2 heterocycles. The summed E-state index contributed by atoms with van der Waals surface area (Å²) in [5.74, 6) is -0.0210. The van der Waals surface area contributed by atoms with E-state index in [0.717, 1.165) is 21.2 Å². The number of fused-ring (bicyclic) bond motifs is 1. The van der Waals surface area contributed by atoms with Crippen molar-refractivity contribution in [2.45, 2.75) is 33.4 Å². The number of hydrogen-bond acceptors (Lipinski definition) is 8. The van der Waals surface area contributed by atoms with E-state index >= 15 is 0 Å². The quantitative estimate of drug-likeness (QED) is 0.123. The Labute approximate surface area is 267 Å². The van der Waals surface area contributed by atoms with Crippen LogP contribution in [-0.2, 0) is 16.1 Å². The van der Waals surface area contributed by atoms with Gasteiger partial charge in [-0.1, -0.05) is 57.1 Å². The molecule has 0 radical (unpaired) electrons. The third-order valence-electron chi connectivity index (χ3n) is 6.76. The molecule has 1 aromatic heterocycles. The molecule has 0 fully saturated rings. The predicted molar refractivity (Wildman–Crippen MR) is 171 cm³/mol. The van der Waals surface area contributed by atoms with Crippen LogP contribution in [0.15, 0.2) is 90.7 Å². The van der Waals surface area contributed by atoms with Gasteiger partial charge in [-0.3, -0.25) is 19.5 Å². The Morgan fingerprint density at radius 3 is 2.47 bits per heavy atom. The number of esters is 1. The van der Waals surface area contributed by atoms with Crippen molar-refractivity contribution in [2.24, 2.45) is 4.99 Å². The van der Waals surface area contributed by atoms with E-state index in [1.165, 1.54) is 23.5 Å². The number of carbonyl (C=O) groups excluding carboxylic acids is 1. The Morgan fingerprint density at radius 2 is 1.81 bits per heavy atom. The van der Waals surface area contributed by atoms with Crippen molar-refractivity contribution in [3.8, 4) is 5.75 Å². The molecule has 0 saturated carbocycles. The Kier molecular flexibility index (Phi) is 9.09. The fourth-order valence-electron chi connectivity index (χ4n) is 4.71. The molecule has 12 heteroatoms. The maximum absolute atomic E-state index is 14.0. The zero-order valence-electron chi connectivity index (χ0n) is 23.3. The highest BCUT2D eigenvalue weighted by Gasteiger charge is 2.33. The Bertz CT molecular complexity index is 1950. The van der Waals surface area contributed by atoms with Gasteiger partial charge in [-0.15, -0.1) is 0 Å². The largest absolute Gasteiger partial charge is 0.487 e. The van der Waals surface area contributed by atoms with Crippen LogP contribution < -0.4 is 19.6 Å². The molecule has 5 rings (SSSR count). The second-order valence-corrected chi connectivity index (χ2v) is 12.5. The van der Waals surface area contributed by atoms with E-state index in [1.807, 2.05) is 43.3 Å². The zero-order valence-corrected chi connectivity index (χ0v) is 27.3. The Morgan fingerprint density at radius 1 is 1.12 bits per heavy atom. The second kappa shape index (κ2) is 12.8. The number of benzene rings is 3. The normalized spacial score (nSPS) is 14.7. The third-order valence-corrected chi connectivity index (χ3v) is 8.79. The first-order valence-electron chi connectivity index (χ1n) is 13.2. The van der Waals surface area contributed by atoms with Crippen LogP contribution in [0.4, 0.5) is 5.69 Å². The van der Waals surface area contributed by atoms with Gasteiger partial charge in [0.15, 0.2) is 4.80 Å². The van der Waals surface area contributed by atoms with Gasteiger partial charge in [0.2, 0.25) is 0 Å². The van der Waals surface area contributed by atoms with E-state index < -0.39 is 16.9 Å². The van der Waals surface area contributed by atoms with Crippen molar-refractivity contribution >= 4 is 60.9 Å². The number of carbonyl (C=O) groups is 1. The highest BCUT2D eigenvalue weighted by molar-refractivity contribution is 9.11. The number of nitro benzene ring substituents is 1. The van der Waals surface area contributed by atoms with Crippen LogP contribution in [-0.4, -0.2) is 22.1 Å². The average molecular weight is 727 g/mol. The fraction of sp³-hybridized carbons (Fsp3) is 0.194. The Hall–Kier alpha value is -3.87. The number of nitro groups is 1. The predicted octanol–water partition coefficient (Wildman–Crippen LogP) is 6.12. The van der Waals surface area contributed by atoms with E-state index in [1.54, 1.807) is 36.6 Å². The summed E-state index contributed by atoms with van der Waals surface area (Å²) in [6.07, 6.45) is 1.74. The maximum Gasteiger partial charge on any atom is 0.338 e. The minimum Gasteiger partial charge on any atom is -0.487 e. The highest BCUT2D eigenvalue weighted by atomic mass is 79.9. The number of halogens is 2. The molecule has 1 aliphatic heterocycles. The molecule has 0 amide bonds. The molecule has 0 N–H and O–H groups in total. The molecule has 0 spiro atoms. The molecule has 0 aliphatic carbocycles.